The van der Waals surface area contributed by atoms with E-state index in [2.05, 4.69) is 29.2 Å². The Kier molecular flexibility index (Phi) is 4.89. The van der Waals surface area contributed by atoms with E-state index < -0.39 is 5.60 Å². The third kappa shape index (κ3) is 3.49. The van der Waals surface area contributed by atoms with Crippen LogP contribution < -0.4 is 9.47 Å². The monoisotopic (exact) mass is 444 g/mol. The number of aliphatic hydroxyl groups is 1. The van der Waals surface area contributed by atoms with Gasteiger partial charge in [-0.15, -0.1) is 0 Å². The Bertz CT molecular complexity index is 1210. The van der Waals surface area contributed by atoms with Crippen LogP contribution in [0.25, 0.3) is 10.9 Å². The van der Waals surface area contributed by atoms with Gasteiger partial charge < -0.3 is 19.5 Å². The lowest BCUT2D eigenvalue weighted by atomic mass is 9.56. The van der Waals surface area contributed by atoms with E-state index in [0.29, 0.717) is 13.0 Å². The molecule has 6 rings (SSSR count). The fourth-order valence-corrected chi connectivity index (χ4v) is 6.19. The number of nitrogens with zero attached hydrogens (tertiary/aromatic N) is 2. The van der Waals surface area contributed by atoms with Crippen molar-refractivity contribution in [3.8, 4) is 11.5 Å². The zero-order valence-electron chi connectivity index (χ0n) is 19.5. The van der Waals surface area contributed by atoms with Gasteiger partial charge in [0.25, 0.3) is 0 Å². The summed E-state index contributed by atoms with van der Waals surface area (Å²) < 4.78 is 11.0. The molecular weight excluding hydrogens is 412 g/mol. The number of aromatic nitrogens is 1. The summed E-state index contributed by atoms with van der Waals surface area (Å²) in [5, 5.41) is 13.5. The van der Waals surface area contributed by atoms with Gasteiger partial charge >= 0.3 is 0 Å². The molecule has 3 aliphatic rings. The normalized spacial score (nSPS) is 27.1. The predicted molar refractivity (Wildman–Crippen MR) is 129 cm³/mol. The highest BCUT2D eigenvalue weighted by atomic mass is 16.5. The van der Waals surface area contributed by atoms with Crippen LogP contribution in [0.1, 0.15) is 36.1 Å². The largest absolute Gasteiger partial charge is 0.497 e. The first-order valence-electron chi connectivity index (χ1n) is 12.1. The third-order valence-corrected chi connectivity index (χ3v) is 8.21. The molecule has 0 radical (unpaired) electrons. The SMILES string of the molecule is COc1cccc([C@@]23CCN(CC4CC4)C[C@@]2(O)Cc2cc4cc(OC)ccc4nc2C3)c1. The van der Waals surface area contributed by atoms with Crippen molar-refractivity contribution in [2.45, 2.75) is 43.1 Å². The Balaban J connectivity index is 1.47. The second-order valence-electron chi connectivity index (χ2n) is 10.3. The van der Waals surface area contributed by atoms with E-state index in [1.165, 1.54) is 12.8 Å². The van der Waals surface area contributed by atoms with Crippen molar-refractivity contribution >= 4 is 10.9 Å². The van der Waals surface area contributed by atoms with Crippen molar-refractivity contribution in [1.82, 2.24) is 9.88 Å². The minimum absolute atomic E-state index is 0.373. The van der Waals surface area contributed by atoms with Crippen molar-refractivity contribution in [2.24, 2.45) is 5.92 Å². The van der Waals surface area contributed by atoms with E-state index in [-0.39, 0.29) is 5.41 Å². The number of hydrogen-bond acceptors (Lipinski definition) is 5. The minimum Gasteiger partial charge on any atom is -0.497 e. The van der Waals surface area contributed by atoms with E-state index in [1.54, 1.807) is 14.2 Å². The van der Waals surface area contributed by atoms with Crippen LogP contribution in [0.4, 0.5) is 0 Å². The number of β-amino-alcohol motifs (C(OH)–C–C–N with tert-alkyl or cyclic N) is 1. The summed E-state index contributed by atoms with van der Waals surface area (Å²) in [4.78, 5) is 7.59. The van der Waals surface area contributed by atoms with Crippen molar-refractivity contribution < 1.29 is 14.6 Å². The van der Waals surface area contributed by atoms with Gasteiger partial charge in [0, 0.05) is 42.4 Å². The minimum atomic E-state index is -0.853. The van der Waals surface area contributed by atoms with Gasteiger partial charge in [-0.25, -0.2) is 0 Å². The van der Waals surface area contributed by atoms with E-state index >= 15 is 0 Å². The molecule has 0 unspecified atom stereocenters. The van der Waals surface area contributed by atoms with E-state index in [4.69, 9.17) is 14.5 Å². The molecule has 1 N–H and O–H groups in total. The standard InChI is InChI=1S/C28H32N2O3/c1-32-23-5-3-4-22(14-23)27-10-11-30(17-19-6-7-19)18-28(27,31)15-21-12-20-13-24(33-2)8-9-25(20)29-26(21)16-27/h3-5,8-9,12-14,19,31H,6-7,10-11,15-18H2,1-2H3/t27-,28-/m0/s1. The molecule has 2 aliphatic carbocycles. The lowest BCUT2D eigenvalue weighted by molar-refractivity contribution is -0.104. The molecule has 0 bridgehead atoms. The molecule has 5 nitrogen and oxygen atoms in total. The van der Waals surface area contributed by atoms with Crippen LogP contribution in [0, 0.1) is 5.92 Å². The van der Waals surface area contributed by atoms with Gasteiger partial charge in [0.1, 0.15) is 11.5 Å². The lowest BCUT2D eigenvalue weighted by Crippen LogP contribution is -2.66. The molecule has 2 aromatic carbocycles. The number of methoxy groups -OCH3 is 2. The van der Waals surface area contributed by atoms with Gasteiger partial charge in [-0.05, 0) is 79.3 Å². The first kappa shape index (κ1) is 20.9. The van der Waals surface area contributed by atoms with Crippen LogP contribution in [0.15, 0.2) is 48.5 Å². The maximum atomic E-state index is 12.4. The summed E-state index contributed by atoms with van der Waals surface area (Å²) in [5.41, 5.74) is 3.18. The highest BCUT2D eigenvalue weighted by molar-refractivity contribution is 5.81. The second kappa shape index (κ2) is 7.71. The van der Waals surface area contributed by atoms with Crippen molar-refractivity contribution in [3.63, 3.8) is 0 Å². The molecular formula is C28H32N2O3. The number of benzene rings is 2. The summed E-state index contributed by atoms with van der Waals surface area (Å²) in [5.74, 6) is 2.48. The van der Waals surface area contributed by atoms with E-state index in [0.717, 1.165) is 71.1 Å². The average Bonchev–Trinajstić information content (AvgIpc) is 3.64. The fourth-order valence-electron chi connectivity index (χ4n) is 6.19. The van der Waals surface area contributed by atoms with Crippen molar-refractivity contribution in [3.05, 3.63) is 65.4 Å². The second-order valence-corrected chi connectivity index (χ2v) is 10.3. The van der Waals surface area contributed by atoms with Crippen molar-refractivity contribution in [2.75, 3.05) is 33.9 Å². The summed E-state index contributed by atoms with van der Waals surface area (Å²) in [6.45, 7) is 2.82. The molecule has 1 aromatic heterocycles. The Morgan fingerprint density at radius 1 is 1.03 bits per heavy atom. The average molecular weight is 445 g/mol. The van der Waals surface area contributed by atoms with Crippen molar-refractivity contribution in [1.29, 1.82) is 0 Å². The molecule has 0 amide bonds. The molecule has 33 heavy (non-hydrogen) atoms. The topological polar surface area (TPSA) is 54.8 Å². The molecule has 172 valence electrons. The number of likely N-dealkylation sites (tertiary alicyclic amines) is 1. The quantitative estimate of drug-likeness (QED) is 0.641. The lowest BCUT2D eigenvalue weighted by Gasteiger charge is -2.56. The maximum absolute atomic E-state index is 12.4. The Hall–Kier alpha value is -2.63. The Labute approximate surface area is 195 Å². The fraction of sp³-hybridized carbons (Fsp3) is 0.464. The van der Waals surface area contributed by atoms with Crippen LogP contribution >= 0.6 is 0 Å². The third-order valence-electron chi connectivity index (χ3n) is 8.21. The molecule has 3 aromatic rings. The number of ether oxygens (including phenoxy) is 2. The van der Waals surface area contributed by atoms with Crippen LogP contribution in [0.3, 0.4) is 0 Å². The number of fused-ring (bicyclic) bond motifs is 3. The predicted octanol–water partition coefficient (Wildman–Crippen LogP) is 4.14. The Morgan fingerprint density at radius 3 is 2.64 bits per heavy atom. The van der Waals surface area contributed by atoms with Gasteiger partial charge in [-0.3, -0.25) is 4.98 Å². The van der Waals surface area contributed by atoms with Crippen LogP contribution in [0.2, 0.25) is 0 Å². The molecule has 5 heteroatoms. The maximum Gasteiger partial charge on any atom is 0.119 e. The molecule has 1 aliphatic heterocycles. The molecule has 1 saturated carbocycles. The molecule has 2 atom stereocenters. The zero-order chi connectivity index (χ0) is 22.6. The highest BCUT2D eigenvalue weighted by Crippen LogP contribution is 2.51. The summed E-state index contributed by atoms with van der Waals surface area (Å²) in [7, 11) is 3.40. The van der Waals surface area contributed by atoms with E-state index in [1.807, 2.05) is 24.3 Å². The first-order valence-corrected chi connectivity index (χ1v) is 12.1. The van der Waals surface area contributed by atoms with Gasteiger partial charge in [-0.1, -0.05) is 12.1 Å². The van der Waals surface area contributed by atoms with Crippen LogP contribution in [0.5, 0.6) is 11.5 Å². The number of rotatable bonds is 5. The Morgan fingerprint density at radius 2 is 1.85 bits per heavy atom. The van der Waals surface area contributed by atoms with Gasteiger partial charge in [-0.2, -0.15) is 0 Å². The highest BCUT2D eigenvalue weighted by Gasteiger charge is 2.57. The summed E-state index contributed by atoms with van der Waals surface area (Å²) in [6, 6.07) is 16.6. The molecule has 2 fully saturated rings. The van der Waals surface area contributed by atoms with Gasteiger partial charge in [0.2, 0.25) is 0 Å². The van der Waals surface area contributed by atoms with Crippen LogP contribution in [-0.2, 0) is 18.3 Å². The number of piperidine rings is 1. The van der Waals surface area contributed by atoms with Crippen LogP contribution in [-0.4, -0.2) is 54.4 Å². The number of pyridine rings is 1. The molecule has 2 heterocycles. The van der Waals surface area contributed by atoms with Gasteiger partial charge in [0.15, 0.2) is 0 Å². The van der Waals surface area contributed by atoms with E-state index in [9.17, 15) is 5.11 Å². The smallest absolute Gasteiger partial charge is 0.119 e. The zero-order valence-corrected chi connectivity index (χ0v) is 19.5. The molecule has 1 saturated heterocycles. The van der Waals surface area contributed by atoms with Gasteiger partial charge in [0.05, 0.1) is 25.3 Å². The first-order chi connectivity index (χ1) is 16.0. The summed E-state index contributed by atoms with van der Waals surface area (Å²) in [6.07, 6.45) is 4.93. The number of hydrogen-bond donors (Lipinski definition) is 1. The summed E-state index contributed by atoms with van der Waals surface area (Å²) >= 11 is 0. The molecule has 0 spiro atoms.